The van der Waals surface area contributed by atoms with E-state index in [-0.39, 0.29) is 0 Å². The van der Waals surface area contributed by atoms with Crippen LogP contribution in [-0.2, 0) is 6.42 Å². The van der Waals surface area contributed by atoms with Crippen molar-refractivity contribution in [2.45, 2.75) is 13.3 Å². The van der Waals surface area contributed by atoms with Gasteiger partial charge in [0, 0.05) is 12.0 Å². The van der Waals surface area contributed by atoms with Crippen LogP contribution < -0.4 is 0 Å². The van der Waals surface area contributed by atoms with Crippen LogP contribution >= 0.6 is 0 Å². The van der Waals surface area contributed by atoms with Gasteiger partial charge in [0.15, 0.2) is 0 Å². The summed E-state index contributed by atoms with van der Waals surface area (Å²) in [5.41, 5.74) is 6.62. The summed E-state index contributed by atoms with van der Waals surface area (Å²) in [4.78, 5) is 9.21. The first-order chi connectivity index (χ1) is 14.3. The molecule has 0 aliphatic carbocycles. The van der Waals surface area contributed by atoms with E-state index >= 15 is 0 Å². The number of hydrogen-bond acceptors (Lipinski definition) is 6. The van der Waals surface area contributed by atoms with Crippen LogP contribution in [-0.4, -0.2) is 34.7 Å². The highest BCUT2D eigenvalue weighted by Crippen LogP contribution is 2.32. The summed E-state index contributed by atoms with van der Waals surface area (Å²) in [5.74, 6) is 0.936. The van der Waals surface area contributed by atoms with Crippen LogP contribution in [0.4, 0.5) is 0 Å². The van der Waals surface area contributed by atoms with Crippen molar-refractivity contribution in [2.75, 3.05) is 0 Å². The molecule has 0 amide bonds. The summed E-state index contributed by atoms with van der Waals surface area (Å²) in [5, 5.41) is 12.6. The number of nitrogens with zero attached hydrogens (tertiary/aromatic N) is 7. The minimum atomic E-state index is 0.465. The van der Waals surface area contributed by atoms with Gasteiger partial charge in [-0.2, -0.15) is 4.98 Å². The Morgan fingerprint density at radius 2 is 1.93 bits per heavy atom. The maximum absolute atomic E-state index is 5.50. The van der Waals surface area contributed by atoms with Crippen molar-refractivity contribution in [3.8, 4) is 34.3 Å². The first-order valence-electron chi connectivity index (χ1n) is 9.24. The van der Waals surface area contributed by atoms with Gasteiger partial charge in [0.25, 0.3) is 5.89 Å². The Balaban J connectivity index is 1.53. The fraction of sp³-hybridized carbons (Fsp3) is 0.0952. The van der Waals surface area contributed by atoms with E-state index < -0.39 is 0 Å². The lowest BCUT2D eigenvalue weighted by Crippen LogP contribution is -2.03. The highest BCUT2D eigenvalue weighted by atomic mass is 16.5. The first-order valence-corrected chi connectivity index (χ1v) is 9.24. The summed E-state index contributed by atoms with van der Waals surface area (Å²) in [6.07, 6.45) is 4.19. The highest BCUT2D eigenvalue weighted by molar-refractivity contribution is 5.64. The molecule has 2 aromatic carbocycles. The van der Waals surface area contributed by atoms with Crippen molar-refractivity contribution in [3.05, 3.63) is 78.0 Å². The molecule has 0 saturated carbocycles. The Bertz CT molecular complexity index is 1350. The van der Waals surface area contributed by atoms with Gasteiger partial charge in [0.2, 0.25) is 5.82 Å². The van der Waals surface area contributed by atoms with Crippen molar-refractivity contribution in [1.29, 1.82) is 0 Å². The highest BCUT2D eigenvalue weighted by Gasteiger charge is 2.26. The van der Waals surface area contributed by atoms with Crippen LogP contribution in [0.1, 0.15) is 17.0 Å². The summed E-state index contributed by atoms with van der Waals surface area (Å²) < 4.78 is 9.44. The van der Waals surface area contributed by atoms with Gasteiger partial charge in [-0.15, -0.1) is 5.10 Å². The lowest BCUT2D eigenvalue weighted by molar-refractivity contribution is 0.432. The number of imidazole rings is 1. The third-order valence-electron chi connectivity index (χ3n) is 5.11. The second-order valence-electron chi connectivity index (χ2n) is 7.01. The molecule has 4 heterocycles. The monoisotopic (exact) mass is 381 g/mol. The van der Waals surface area contributed by atoms with Gasteiger partial charge in [-0.3, -0.25) is 4.57 Å². The minimum absolute atomic E-state index is 0.465. The van der Waals surface area contributed by atoms with Gasteiger partial charge >= 0.3 is 0 Å². The van der Waals surface area contributed by atoms with Gasteiger partial charge in [0.1, 0.15) is 12.0 Å². The first kappa shape index (κ1) is 15.9. The molecule has 8 heteroatoms. The molecular formula is C21H15N7O. The molecule has 5 aromatic rings. The maximum atomic E-state index is 5.50. The molecule has 0 spiro atoms. The van der Waals surface area contributed by atoms with E-state index in [4.69, 9.17) is 4.52 Å². The molecule has 0 atom stereocenters. The van der Waals surface area contributed by atoms with Crippen LogP contribution in [0.15, 0.2) is 65.6 Å². The second kappa shape index (κ2) is 5.96. The van der Waals surface area contributed by atoms with Crippen LogP contribution in [0, 0.1) is 6.92 Å². The zero-order valence-electron chi connectivity index (χ0n) is 15.5. The van der Waals surface area contributed by atoms with Crippen molar-refractivity contribution in [2.24, 2.45) is 0 Å². The van der Waals surface area contributed by atoms with Gasteiger partial charge in [-0.1, -0.05) is 34.6 Å². The average molecular weight is 381 g/mol. The molecule has 0 fully saturated rings. The topological polar surface area (TPSA) is 87.4 Å². The summed E-state index contributed by atoms with van der Waals surface area (Å²) in [6.45, 7) is 2.06. The van der Waals surface area contributed by atoms with Gasteiger partial charge in [0.05, 0.1) is 29.0 Å². The summed E-state index contributed by atoms with van der Waals surface area (Å²) in [6, 6.07) is 16.0. The van der Waals surface area contributed by atoms with Gasteiger partial charge < -0.3 is 4.52 Å². The number of rotatable bonds is 2. The number of benzene rings is 2. The lowest BCUT2D eigenvalue weighted by Gasteiger charge is -2.10. The zero-order chi connectivity index (χ0) is 19.4. The predicted molar refractivity (Wildman–Crippen MR) is 105 cm³/mol. The fourth-order valence-electron chi connectivity index (χ4n) is 3.71. The van der Waals surface area contributed by atoms with Crippen molar-refractivity contribution >= 4 is 0 Å². The molecule has 1 aliphatic rings. The molecule has 140 valence electrons. The lowest BCUT2D eigenvalue weighted by atomic mass is 10.2. The van der Waals surface area contributed by atoms with Gasteiger partial charge in [-0.05, 0) is 36.8 Å². The molecule has 0 unspecified atom stereocenters. The molecule has 6 rings (SSSR count). The second-order valence-corrected chi connectivity index (χ2v) is 7.01. The van der Waals surface area contributed by atoms with Crippen molar-refractivity contribution in [3.63, 3.8) is 0 Å². The number of hydrogen-bond donors (Lipinski definition) is 0. The number of aryl methyl sites for hydroxylation is 1. The van der Waals surface area contributed by atoms with Gasteiger partial charge in [-0.25, -0.2) is 9.67 Å². The van der Waals surface area contributed by atoms with E-state index in [1.54, 1.807) is 12.5 Å². The minimum Gasteiger partial charge on any atom is -0.334 e. The molecule has 8 nitrogen and oxygen atoms in total. The third-order valence-corrected chi connectivity index (χ3v) is 5.11. The molecule has 1 aliphatic heterocycles. The molecule has 0 N–H and O–H groups in total. The van der Waals surface area contributed by atoms with Crippen LogP contribution in [0.5, 0.6) is 0 Å². The Morgan fingerprint density at radius 3 is 2.83 bits per heavy atom. The normalized spacial score (nSPS) is 12.2. The predicted octanol–water partition coefficient (Wildman–Crippen LogP) is 3.38. The maximum Gasteiger partial charge on any atom is 0.258 e. The van der Waals surface area contributed by atoms with E-state index in [9.17, 15) is 0 Å². The molecule has 0 radical (unpaired) electrons. The largest absolute Gasteiger partial charge is 0.334 e. The van der Waals surface area contributed by atoms with Crippen LogP contribution in [0.2, 0.25) is 0 Å². The van der Waals surface area contributed by atoms with Crippen LogP contribution in [0.25, 0.3) is 34.3 Å². The summed E-state index contributed by atoms with van der Waals surface area (Å²) >= 11 is 0. The van der Waals surface area contributed by atoms with Crippen LogP contribution in [0.3, 0.4) is 0 Å². The SMILES string of the molecule is Cc1ccc2c(c1)-n1nncc1Cc1c(-c3noc(-c4ccccc4)n3)ncn1-2. The fourth-order valence-corrected chi connectivity index (χ4v) is 3.71. The van der Waals surface area contributed by atoms with E-state index in [0.29, 0.717) is 23.8 Å². The third kappa shape index (κ3) is 2.42. The Kier molecular flexibility index (Phi) is 3.28. The molecule has 0 bridgehead atoms. The number of aromatic nitrogens is 7. The Hall–Kier alpha value is -4.07. The summed E-state index contributed by atoms with van der Waals surface area (Å²) in [7, 11) is 0. The quantitative estimate of drug-likeness (QED) is 0.457. The average Bonchev–Trinajstić information content (AvgIpc) is 3.48. The van der Waals surface area contributed by atoms with Crippen molar-refractivity contribution < 1.29 is 4.52 Å². The molecule has 0 saturated heterocycles. The standard InChI is InChI=1S/C21H15N7O/c1-13-7-8-16-17(9-13)28-15(11-23-26-28)10-18-19(22-12-27(16)18)20-24-21(29-25-20)14-5-3-2-4-6-14/h2-9,11-12H,10H2,1H3. The smallest absolute Gasteiger partial charge is 0.258 e. The Morgan fingerprint density at radius 1 is 1.03 bits per heavy atom. The molecule has 29 heavy (non-hydrogen) atoms. The van der Waals surface area contributed by atoms with E-state index in [1.807, 2.05) is 35.0 Å². The van der Waals surface area contributed by atoms with Crippen molar-refractivity contribution in [1.82, 2.24) is 34.7 Å². The molecular weight excluding hydrogens is 366 g/mol. The van der Waals surface area contributed by atoms with E-state index in [1.165, 1.54) is 0 Å². The Labute approximate surface area is 165 Å². The number of fused-ring (bicyclic) bond motifs is 5. The van der Waals surface area contributed by atoms with E-state index in [0.717, 1.165) is 33.9 Å². The zero-order valence-corrected chi connectivity index (χ0v) is 15.5. The van der Waals surface area contributed by atoms with E-state index in [2.05, 4.69) is 55.1 Å². The molecule has 3 aromatic heterocycles.